The topological polar surface area (TPSA) is 55.2 Å². The summed E-state index contributed by atoms with van der Waals surface area (Å²) in [6.45, 7) is 4.89. The van der Waals surface area contributed by atoms with Crippen molar-refractivity contribution in [2.24, 2.45) is 0 Å². The minimum Gasteiger partial charge on any atom is -0.385 e. The number of benzene rings is 1. The Morgan fingerprint density at radius 1 is 1.31 bits per heavy atom. The van der Waals surface area contributed by atoms with Crippen molar-refractivity contribution in [1.29, 1.82) is 0 Å². The minimum absolute atomic E-state index is 0.151. The standard InChI is InChI=1S/C12H18N2O2/c1-3-4-5-6-13-11-7-10(2)8-12(9-11)14(15)16/h7-9,13H,3-6H2,1-2H3. The molecule has 0 spiro atoms. The highest BCUT2D eigenvalue weighted by atomic mass is 16.6. The van der Waals surface area contributed by atoms with Crippen molar-refractivity contribution in [3.05, 3.63) is 33.9 Å². The normalized spacial score (nSPS) is 10.1. The first-order valence-electron chi connectivity index (χ1n) is 5.63. The first kappa shape index (κ1) is 12.5. The molecule has 1 N–H and O–H groups in total. The highest BCUT2D eigenvalue weighted by Crippen LogP contribution is 2.20. The van der Waals surface area contributed by atoms with Gasteiger partial charge in [-0.3, -0.25) is 10.1 Å². The Bertz CT molecular complexity index is 364. The lowest BCUT2D eigenvalue weighted by molar-refractivity contribution is -0.384. The van der Waals surface area contributed by atoms with E-state index >= 15 is 0 Å². The first-order valence-corrected chi connectivity index (χ1v) is 5.63. The van der Waals surface area contributed by atoms with E-state index in [-0.39, 0.29) is 10.6 Å². The van der Waals surface area contributed by atoms with Crippen molar-refractivity contribution < 1.29 is 4.92 Å². The van der Waals surface area contributed by atoms with Gasteiger partial charge in [-0.05, 0) is 25.0 Å². The predicted molar refractivity (Wildman–Crippen MR) is 65.8 cm³/mol. The number of nitrogens with zero attached hydrogens (tertiary/aromatic N) is 1. The predicted octanol–water partition coefficient (Wildman–Crippen LogP) is 3.51. The van der Waals surface area contributed by atoms with E-state index in [1.807, 2.05) is 13.0 Å². The number of aryl methyl sites for hydroxylation is 1. The molecule has 1 aromatic carbocycles. The van der Waals surface area contributed by atoms with Gasteiger partial charge in [0.25, 0.3) is 5.69 Å². The molecular formula is C12H18N2O2. The summed E-state index contributed by atoms with van der Waals surface area (Å²) in [5.74, 6) is 0. The number of anilines is 1. The van der Waals surface area contributed by atoms with Gasteiger partial charge >= 0.3 is 0 Å². The van der Waals surface area contributed by atoms with E-state index in [0.717, 1.165) is 24.2 Å². The molecule has 0 aliphatic rings. The van der Waals surface area contributed by atoms with Crippen molar-refractivity contribution in [1.82, 2.24) is 0 Å². The second-order valence-corrected chi connectivity index (χ2v) is 3.95. The molecule has 4 heteroatoms. The Labute approximate surface area is 95.8 Å². The van der Waals surface area contributed by atoms with Gasteiger partial charge in [0, 0.05) is 24.4 Å². The minimum atomic E-state index is -0.357. The second kappa shape index (κ2) is 6.10. The average molecular weight is 222 g/mol. The van der Waals surface area contributed by atoms with E-state index in [2.05, 4.69) is 12.2 Å². The summed E-state index contributed by atoms with van der Waals surface area (Å²) in [5.41, 5.74) is 1.90. The van der Waals surface area contributed by atoms with Crippen molar-refractivity contribution in [3.8, 4) is 0 Å². The lowest BCUT2D eigenvalue weighted by Gasteiger charge is -2.06. The van der Waals surface area contributed by atoms with E-state index < -0.39 is 0 Å². The van der Waals surface area contributed by atoms with Gasteiger partial charge in [-0.25, -0.2) is 0 Å². The molecule has 1 rings (SSSR count). The van der Waals surface area contributed by atoms with E-state index in [1.165, 1.54) is 12.8 Å². The van der Waals surface area contributed by atoms with Crippen LogP contribution in [0.4, 0.5) is 11.4 Å². The van der Waals surface area contributed by atoms with Crippen LogP contribution in [0.15, 0.2) is 18.2 Å². The monoisotopic (exact) mass is 222 g/mol. The summed E-state index contributed by atoms with van der Waals surface area (Å²) in [7, 11) is 0. The van der Waals surface area contributed by atoms with Crippen molar-refractivity contribution in [3.63, 3.8) is 0 Å². The molecular weight excluding hydrogens is 204 g/mol. The Balaban J connectivity index is 2.62. The highest BCUT2D eigenvalue weighted by Gasteiger charge is 2.07. The fourth-order valence-corrected chi connectivity index (χ4v) is 1.58. The smallest absolute Gasteiger partial charge is 0.271 e. The molecule has 0 atom stereocenters. The lowest BCUT2D eigenvalue weighted by atomic mass is 10.2. The third-order valence-electron chi connectivity index (χ3n) is 2.38. The molecule has 0 aromatic heterocycles. The van der Waals surface area contributed by atoms with E-state index in [9.17, 15) is 10.1 Å². The van der Waals surface area contributed by atoms with Gasteiger partial charge in [-0.15, -0.1) is 0 Å². The summed E-state index contributed by atoms with van der Waals surface area (Å²) >= 11 is 0. The molecule has 4 nitrogen and oxygen atoms in total. The first-order chi connectivity index (χ1) is 7.63. The van der Waals surface area contributed by atoms with Crippen LogP contribution in [0.3, 0.4) is 0 Å². The SMILES string of the molecule is CCCCCNc1cc(C)cc([N+](=O)[O-])c1. The maximum Gasteiger partial charge on any atom is 0.271 e. The number of nitro benzene ring substituents is 1. The number of nitro groups is 1. The maximum atomic E-state index is 10.7. The molecule has 0 saturated heterocycles. The van der Waals surface area contributed by atoms with Gasteiger partial charge < -0.3 is 5.32 Å². The zero-order valence-electron chi connectivity index (χ0n) is 9.82. The van der Waals surface area contributed by atoms with Crippen LogP contribution in [0.2, 0.25) is 0 Å². The summed E-state index contributed by atoms with van der Waals surface area (Å²) in [6, 6.07) is 5.09. The molecule has 0 heterocycles. The number of unbranched alkanes of at least 4 members (excludes halogenated alkanes) is 2. The van der Waals surface area contributed by atoms with Crippen LogP contribution in [0, 0.1) is 17.0 Å². The number of hydrogen-bond acceptors (Lipinski definition) is 3. The summed E-state index contributed by atoms with van der Waals surface area (Å²) in [6.07, 6.45) is 3.45. The Kier molecular flexibility index (Phi) is 4.76. The number of rotatable bonds is 6. The quantitative estimate of drug-likeness (QED) is 0.455. The number of nitrogens with one attached hydrogen (secondary N) is 1. The molecule has 0 radical (unpaired) electrons. The second-order valence-electron chi connectivity index (χ2n) is 3.95. The molecule has 0 saturated carbocycles. The third-order valence-corrected chi connectivity index (χ3v) is 2.38. The van der Waals surface area contributed by atoms with Gasteiger partial charge in [-0.1, -0.05) is 19.8 Å². The van der Waals surface area contributed by atoms with Crippen LogP contribution in [-0.2, 0) is 0 Å². The molecule has 0 aliphatic heterocycles. The van der Waals surface area contributed by atoms with Crippen molar-refractivity contribution in [2.75, 3.05) is 11.9 Å². The van der Waals surface area contributed by atoms with E-state index in [0.29, 0.717) is 0 Å². The molecule has 1 aromatic rings. The third kappa shape index (κ3) is 3.88. The van der Waals surface area contributed by atoms with Gasteiger partial charge in [0.2, 0.25) is 0 Å². The largest absolute Gasteiger partial charge is 0.385 e. The Hall–Kier alpha value is -1.58. The molecule has 16 heavy (non-hydrogen) atoms. The molecule has 0 fully saturated rings. The van der Waals surface area contributed by atoms with E-state index in [4.69, 9.17) is 0 Å². The van der Waals surface area contributed by atoms with Gasteiger partial charge in [0.1, 0.15) is 0 Å². The van der Waals surface area contributed by atoms with Gasteiger partial charge in [0.15, 0.2) is 0 Å². The molecule has 0 bridgehead atoms. The van der Waals surface area contributed by atoms with Crippen LogP contribution < -0.4 is 5.32 Å². The molecule has 0 unspecified atom stereocenters. The maximum absolute atomic E-state index is 10.7. The fourth-order valence-electron chi connectivity index (χ4n) is 1.58. The van der Waals surface area contributed by atoms with Gasteiger partial charge in [-0.2, -0.15) is 0 Å². The highest BCUT2D eigenvalue weighted by molar-refractivity contribution is 5.53. The fraction of sp³-hybridized carbons (Fsp3) is 0.500. The zero-order valence-corrected chi connectivity index (χ0v) is 9.82. The molecule has 0 aliphatic carbocycles. The number of hydrogen-bond donors (Lipinski definition) is 1. The van der Waals surface area contributed by atoms with Crippen molar-refractivity contribution in [2.45, 2.75) is 33.1 Å². The van der Waals surface area contributed by atoms with Crippen LogP contribution in [0.25, 0.3) is 0 Å². The Morgan fingerprint density at radius 3 is 2.69 bits per heavy atom. The number of non-ortho nitro benzene ring substituents is 1. The van der Waals surface area contributed by atoms with Crippen LogP contribution >= 0.6 is 0 Å². The summed E-state index contributed by atoms with van der Waals surface area (Å²) < 4.78 is 0. The molecule has 0 amide bonds. The van der Waals surface area contributed by atoms with Crippen LogP contribution in [0.1, 0.15) is 31.7 Å². The zero-order chi connectivity index (χ0) is 12.0. The Morgan fingerprint density at radius 2 is 2.06 bits per heavy atom. The average Bonchev–Trinajstić information content (AvgIpc) is 2.23. The van der Waals surface area contributed by atoms with Crippen molar-refractivity contribution >= 4 is 11.4 Å². The van der Waals surface area contributed by atoms with E-state index in [1.54, 1.807) is 12.1 Å². The van der Waals surface area contributed by atoms with Gasteiger partial charge in [0.05, 0.1) is 4.92 Å². The lowest BCUT2D eigenvalue weighted by Crippen LogP contribution is -2.02. The summed E-state index contributed by atoms with van der Waals surface area (Å²) in [4.78, 5) is 10.3. The summed E-state index contributed by atoms with van der Waals surface area (Å²) in [5, 5.41) is 13.9. The molecule has 88 valence electrons. The van der Waals surface area contributed by atoms with Crippen LogP contribution in [-0.4, -0.2) is 11.5 Å². The van der Waals surface area contributed by atoms with Crippen LogP contribution in [0.5, 0.6) is 0 Å².